The second-order valence-corrected chi connectivity index (χ2v) is 5.44. The van der Waals surface area contributed by atoms with E-state index < -0.39 is 0 Å². The Morgan fingerprint density at radius 2 is 2.29 bits per heavy atom. The quantitative estimate of drug-likeness (QED) is 0.893. The van der Waals surface area contributed by atoms with Crippen LogP contribution in [0.2, 0.25) is 0 Å². The molecule has 2 heterocycles. The van der Waals surface area contributed by atoms with Crippen molar-refractivity contribution in [1.29, 1.82) is 0 Å². The topological polar surface area (TPSA) is 42.2 Å². The highest BCUT2D eigenvalue weighted by molar-refractivity contribution is 8.14. The first-order valence-corrected chi connectivity index (χ1v) is 7.09. The van der Waals surface area contributed by atoms with Crippen molar-refractivity contribution in [3.05, 3.63) is 18.2 Å². The molecule has 0 unspecified atom stereocenters. The average molecular weight is 252 g/mol. The maximum Gasteiger partial charge on any atom is 0.157 e. The van der Waals surface area contributed by atoms with Crippen LogP contribution in [0.4, 0.5) is 0 Å². The summed E-state index contributed by atoms with van der Waals surface area (Å²) in [5.74, 6) is 2.13. The predicted molar refractivity (Wildman–Crippen MR) is 73.3 cm³/mol. The summed E-state index contributed by atoms with van der Waals surface area (Å²) >= 11 is 1.83. The highest BCUT2D eigenvalue weighted by atomic mass is 32.2. The maximum absolute atomic E-state index is 4.60. The first-order chi connectivity index (χ1) is 8.19. The molecule has 1 aromatic rings. The summed E-state index contributed by atoms with van der Waals surface area (Å²) in [6.45, 7) is 5.12. The average Bonchev–Trinajstić information content (AvgIpc) is 2.94. The molecule has 1 saturated heterocycles. The lowest BCUT2D eigenvalue weighted by Gasteiger charge is -2.25. The highest BCUT2D eigenvalue weighted by Gasteiger charge is 2.33. The van der Waals surface area contributed by atoms with E-state index in [1.807, 2.05) is 35.8 Å². The van der Waals surface area contributed by atoms with Gasteiger partial charge in [0.1, 0.15) is 5.82 Å². The number of rotatable bonds is 4. The zero-order valence-corrected chi connectivity index (χ0v) is 11.5. The van der Waals surface area contributed by atoms with Crippen LogP contribution in [-0.4, -0.2) is 26.0 Å². The van der Waals surface area contributed by atoms with Crippen molar-refractivity contribution >= 4 is 16.9 Å². The van der Waals surface area contributed by atoms with Crippen LogP contribution in [0.25, 0.3) is 0 Å². The fourth-order valence-electron chi connectivity index (χ4n) is 1.91. The summed E-state index contributed by atoms with van der Waals surface area (Å²) in [7, 11) is 2.00. The minimum Gasteiger partial charge on any atom is -0.359 e. The second kappa shape index (κ2) is 5.12. The van der Waals surface area contributed by atoms with Crippen LogP contribution >= 0.6 is 11.8 Å². The number of thioether (sulfide) groups is 1. The molecule has 94 valence electrons. The number of hydrogen-bond donors (Lipinski definition) is 1. The van der Waals surface area contributed by atoms with Gasteiger partial charge in [-0.2, -0.15) is 0 Å². The molecule has 0 atom stereocenters. The lowest BCUT2D eigenvalue weighted by molar-refractivity contribution is 0.407. The van der Waals surface area contributed by atoms with E-state index in [0.29, 0.717) is 6.54 Å². The smallest absolute Gasteiger partial charge is 0.157 e. The molecule has 1 aliphatic heterocycles. The van der Waals surface area contributed by atoms with Gasteiger partial charge in [0, 0.05) is 30.7 Å². The van der Waals surface area contributed by atoms with Crippen molar-refractivity contribution in [2.75, 3.05) is 5.75 Å². The molecule has 0 amide bonds. The lowest BCUT2D eigenvalue weighted by Crippen LogP contribution is -2.42. The predicted octanol–water partition coefficient (Wildman–Crippen LogP) is 2.17. The minimum absolute atomic E-state index is 0.255. The van der Waals surface area contributed by atoms with Gasteiger partial charge < -0.3 is 9.88 Å². The van der Waals surface area contributed by atoms with E-state index >= 15 is 0 Å². The van der Waals surface area contributed by atoms with Crippen molar-refractivity contribution in [3.8, 4) is 0 Å². The van der Waals surface area contributed by atoms with E-state index in [1.165, 1.54) is 0 Å². The molecule has 0 saturated carbocycles. The summed E-state index contributed by atoms with van der Waals surface area (Å²) in [5.41, 5.74) is 0.255. The van der Waals surface area contributed by atoms with Crippen molar-refractivity contribution in [2.24, 2.45) is 12.0 Å². The summed E-state index contributed by atoms with van der Waals surface area (Å²) < 4.78 is 2.01. The molecule has 0 bridgehead atoms. The Bertz CT molecular complexity index is 406. The highest BCUT2D eigenvalue weighted by Crippen LogP contribution is 2.28. The number of nitrogens with one attached hydrogen (secondary N) is 1. The molecule has 1 fully saturated rings. The Balaban J connectivity index is 1.99. The molecule has 5 heteroatoms. The van der Waals surface area contributed by atoms with Crippen molar-refractivity contribution < 1.29 is 0 Å². The Hall–Kier alpha value is -0.970. The lowest BCUT2D eigenvalue weighted by atomic mass is 9.96. The Labute approximate surface area is 107 Å². The third kappa shape index (κ3) is 2.65. The molecule has 17 heavy (non-hydrogen) atoms. The van der Waals surface area contributed by atoms with E-state index in [1.54, 1.807) is 0 Å². The van der Waals surface area contributed by atoms with Gasteiger partial charge in [-0.15, -0.1) is 0 Å². The minimum atomic E-state index is 0.255. The van der Waals surface area contributed by atoms with Crippen molar-refractivity contribution in [1.82, 2.24) is 14.9 Å². The fourth-order valence-corrected chi connectivity index (χ4v) is 3.25. The monoisotopic (exact) mass is 252 g/mol. The van der Waals surface area contributed by atoms with E-state index in [4.69, 9.17) is 0 Å². The number of imidazole rings is 1. The molecule has 0 aromatic carbocycles. The van der Waals surface area contributed by atoms with Gasteiger partial charge in [-0.3, -0.25) is 4.99 Å². The van der Waals surface area contributed by atoms with Crippen LogP contribution in [0.1, 0.15) is 32.5 Å². The third-order valence-electron chi connectivity index (χ3n) is 3.50. The van der Waals surface area contributed by atoms with Crippen LogP contribution < -0.4 is 5.32 Å². The largest absolute Gasteiger partial charge is 0.359 e. The Morgan fingerprint density at radius 1 is 1.53 bits per heavy atom. The summed E-state index contributed by atoms with van der Waals surface area (Å²) in [4.78, 5) is 8.88. The maximum atomic E-state index is 4.60. The van der Waals surface area contributed by atoms with E-state index in [9.17, 15) is 0 Å². The first-order valence-electron chi connectivity index (χ1n) is 6.11. The zero-order valence-electron chi connectivity index (χ0n) is 10.7. The molecule has 0 spiro atoms. The molecule has 0 aliphatic carbocycles. The number of aryl methyl sites for hydroxylation is 1. The Kier molecular flexibility index (Phi) is 3.76. The van der Waals surface area contributed by atoms with Crippen LogP contribution in [-0.2, 0) is 13.6 Å². The molecule has 0 radical (unpaired) electrons. The molecule has 1 aliphatic rings. The van der Waals surface area contributed by atoms with Gasteiger partial charge >= 0.3 is 0 Å². The van der Waals surface area contributed by atoms with Gasteiger partial charge in [0.05, 0.1) is 6.54 Å². The van der Waals surface area contributed by atoms with E-state index in [0.717, 1.165) is 29.6 Å². The van der Waals surface area contributed by atoms with Crippen molar-refractivity contribution in [2.45, 2.75) is 38.8 Å². The normalized spacial score (nSPS) is 20.8. The SMILES string of the molecule is CCC1(CC)CSC(=NCc2nccn2C)N1. The van der Waals surface area contributed by atoms with Gasteiger partial charge in [-0.25, -0.2) is 4.98 Å². The number of nitrogens with zero attached hydrogens (tertiary/aromatic N) is 3. The molecule has 1 N–H and O–H groups in total. The summed E-state index contributed by atoms with van der Waals surface area (Å²) in [6, 6.07) is 0. The second-order valence-electron chi connectivity index (χ2n) is 4.48. The first kappa shape index (κ1) is 12.5. The number of amidine groups is 1. The van der Waals surface area contributed by atoms with Gasteiger partial charge in [0.25, 0.3) is 0 Å². The van der Waals surface area contributed by atoms with Gasteiger partial charge in [-0.1, -0.05) is 25.6 Å². The van der Waals surface area contributed by atoms with E-state index in [-0.39, 0.29) is 5.54 Å². The Morgan fingerprint density at radius 3 is 2.82 bits per heavy atom. The van der Waals surface area contributed by atoms with Gasteiger partial charge in [0.2, 0.25) is 0 Å². The fraction of sp³-hybridized carbons (Fsp3) is 0.667. The van der Waals surface area contributed by atoms with Crippen LogP contribution in [0.15, 0.2) is 17.4 Å². The zero-order chi connectivity index (χ0) is 12.3. The van der Waals surface area contributed by atoms with E-state index in [2.05, 4.69) is 29.1 Å². The number of aliphatic imine (C=N–C) groups is 1. The molecule has 2 rings (SSSR count). The van der Waals surface area contributed by atoms with Gasteiger partial charge in [-0.05, 0) is 12.8 Å². The van der Waals surface area contributed by atoms with Gasteiger partial charge in [0.15, 0.2) is 5.17 Å². The molecular weight excluding hydrogens is 232 g/mol. The van der Waals surface area contributed by atoms with Crippen LogP contribution in [0.5, 0.6) is 0 Å². The third-order valence-corrected chi connectivity index (χ3v) is 4.70. The molecule has 1 aromatic heterocycles. The molecule has 4 nitrogen and oxygen atoms in total. The van der Waals surface area contributed by atoms with Crippen LogP contribution in [0, 0.1) is 0 Å². The molecular formula is C12H20N4S. The number of hydrogen-bond acceptors (Lipinski definition) is 3. The number of aromatic nitrogens is 2. The van der Waals surface area contributed by atoms with Crippen LogP contribution in [0.3, 0.4) is 0 Å². The summed E-state index contributed by atoms with van der Waals surface area (Å²) in [6.07, 6.45) is 6.07. The standard InChI is InChI=1S/C12H20N4S/c1-4-12(5-2)9-17-11(15-12)14-8-10-13-6-7-16(10)3/h6-7H,4-5,8-9H2,1-3H3,(H,14,15). The summed E-state index contributed by atoms with van der Waals surface area (Å²) in [5, 5.41) is 4.63. The van der Waals surface area contributed by atoms with Crippen molar-refractivity contribution in [3.63, 3.8) is 0 Å².